The third-order valence-corrected chi connectivity index (χ3v) is 5.53. The first-order valence-corrected chi connectivity index (χ1v) is 10.5. The fourth-order valence-corrected chi connectivity index (χ4v) is 3.81. The number of fused-ring (bicyclic) bond motifs is 1. The molecule has 1 aliphatic heterocycles. The van der Waals surface area contributed by atoms with E-state index in [0.717, 1.165) is 10.1 Å². The van der Waals surface area contributed by atoms with E-state index in [9.17, 15) is 19.2 Å². The molecule has 0 radical (unpaired) electrons. The summed E-state index contributed by atoms with van der Waals surface area (Å²) in [6.45, 7) is 4.30. The van der Waals surface area contributed by atoms with Crippen LogP contribution in [0.25, 0.3) is 10.8 Å². The molecule has 1 aromatic carbocycles. The van der Waals surface area contributed by atoms with Gasteiger partial charge in [0.05, 0.1) is 30.1 Å². The van der Waals surface area contributed by atoms with Gasteiger partial charge in [0.15, 0.2) is 0 Å². The smallest absolute Gasteiger partial charge is 0.310 e. The van der Waals surface area contributed by atoms with E-state index < -0.39 is 5.91 Å². The minimum Gasteiger partial charge on any atom is -0.466 e. The maximum absolute atomic E-state index is 12.7. The van der Waals surface area contributed by atoms with Crippen molar-refractivity contribution in [1.29, 1.82) is 0 Å². The van der Waals surface area contributed by atoms with Gasteiger partial charge in [-0.2, -0.15) is 5.10 Å². The van der Waals surface area contributed by atoms with Gasteiger partial charge < -0.3 is 14.5 Å². The summed E-state index contributed by atoms with van der Waals surface area (Å²) < 4.78 is 6.20. The van der Waals surface area contributed by atoms with E-state index in [1.807, 2.05) is 12.1 Å². The zero-order chi connectivity index (χ0) is 22.5. The highest BCUT2D eigenvalue weighted by atomic mass is 16.5. The van der Waals surface area contributed by atoms with Gasteiger partial charge in [0.25, 0.3) is 5.56 Å². The minimum absolute atomic E-state index is 0.129. The normalized spacial score (nSPS) is 16.2. The molecule has 1 fully saturated rings. The lowest BCUT2D eigenvalue weighted by molar-refractivity contribution is -0.152. The van der Waals surface area contributed by atoms with Crippen LogP contribution in [-0.4, -0.2) is 70.7 Å². The highest BCUT2D eigenvalue weighted by molar-refractivity contribution is 5.86. The Hall–Kier alpha value is -3.23. The molecule has 1 unspecified atom stereocenters. The number of ether oxygens (including phenoxy) is 1. The van der Waals surface area contributed by atoms with Crippen molar-refractivity contribution in [1.82, 2.24) is 19.6 Å². The molecule has 1 saturated heterocycles. The van der Waals surface area contributed by atoms with Crippen LogP contribution in [0, 0.1) is 12.8 Å². The summed E-state index contributed by atoms with van der Waals surface area (Å²) in [5.74, 6) is -1.25. The number of hydrogen-bond donors (Lipinski definition) is 0. The van der Waals surface area contributed by atoms with Crippen LogP contribution >= 0.6 is 0 Å². The molecule has 1 aromatic heterocycles. The number of aromatic nitrogens is 2. The van der Waals surface area contributed by atoms with Crippen molar-refractivity contribution in [3.8, 4) is 0 Å². The van der Waals surface area contributed by atoms with E-state index in [2.05, 4.69) is 5.10 Å². The van der Waals surface area contributed by atoms with Crippen molar-refractivity contribution < 1.29 is 19.1 Å². The second-order valence-corrected chi connectivity index (χ2v) is 7.77. The molecule has 2 heterocycles. The summed E-state index contributed by atoms with van der Waals surface area (Å²) in [6, 6.07) is 7.12. The van der Waals surface area contributed by atoms with Crippen LogP contribution in [0.4, 0.5) is 0 Å². The minimum atomic E-state index is -0.392. The van der Waals surface area contributed by atoms with Crippen molar-refractivity contribution in [2.24, 2.45) is 5.92 Å². The standard InChI is InChI=1S/C22H28N4O5/c1-4-31-22(30)16-8-7-11-25(12-16)20(28)13-24(3)19(27)14-26-21(29)18-10-6-5-9-17(18)15(2)23-26/h5-6,9-10,16H,4,7-8,11-14H2,1-3H3. The number of benzene rings is 1. The SMILES string of the molecule is CCOC(=O)C1CCCN(C(=O)CN(C)C(=O)Cn2nc(C)c3ccccc3c2=O)C1. The first-order chi connectivity index (χ1) is 14.8. The van der Waals surface area contributed by atoms with Crippen molar-refractivity contribution in [3.05, 3.63) is 40.3 Å². The molecule has 166 valence electrons. The quantitative estimate of drug-likeness (QED) is 0.636. The second-order valence-electron chi connectivity index (χ2n) is 7.77. The molecular weight excluding hydrogens is 400 g/mol. The molecule has 3 rings (SSSR count). The van der Waals surface area contributed by atoms with Gasteiger partial charge in [-0.3, -0.25) is 19.2 Å². The first-order valence-electron chi connectivity index (χ1n) is 10.5. The molecule has 0 saturated carbocycles. The van der Waals surface area contributed by atoms with E-state index >= 15 is 0 Å². The molecule has 31 heavy (non-hydrogen) atoms. The van der Waals surface area contributed by atoms with Gasteiger partial charge >= 0.3 is 5.97 Å². The molecule has 1 atom stereocenters. The number of amides is 2. The zero-order valence-corrected chi connectivity index (χ0v) is 18.2. The number of likely N-dealkylation sites (N-methyl/N-ethyl adjacent to an activating group) is 1. The number of likely N-dealkylation sites (tertiary alicyclic amines) is 1. The van der Waals surface area contributed by atoms with E-state index in [-0.39, 0.29) is 36.4 Å². The van der Waals surface area contributed by atoms with E-state index in [1.54, 1.807) is 30.9 Å². The molecular formula is C22H28N4O5. The van der Waals surface area contributed by atoms with Crippen molar-refractivity contribution in [3.63, 3.8) is 0 Å². The zero-order valence-electron chi connectivity index (χ0n) is 18.2. The summed E-state index contributed by atoms with van der Waals surface area (Å²) in [4.78, 5) is 52.9. The second kappa shape index (κ2) is 9.72. The Labute approximate surface area is 180 Å². The fraction of sp³-hybridized carbons (Fsp3) is 0.500. The molecule has 9 nitrogen and oxygen atoms in total. The average molecular weight is 428 g/mol. The number of piperidine rings is 1. The van der Waals surface area contributed by atoms with Crippen LogP contribution < -0.4 is 5.56 Å². The molecule has 0 spiro atoms. The number of aryl methyl sites for hydroxylation is 1. The fourth-order valence-electron chi connectivity index (χ4n) is 3.81. The third-order valence-electron chi connectivity index (χ3n) is 5.53. The third kappa shape index (κ3) is 5.10. The Morgan fingerprint density at radius 3 is 2.65 bits per heavy atom. The lowest BCUT2D eigenvalue weighted by atomic mass is 9.98. The van der Waals surface area contributed by atoms with E-state index in [4.69, 9.17) is 4.74 Å². The van der Waals surface area contributed by atoms with E-state index in [1.165, 1.54) is 11.9 Å². The Bertz CT molecular complexity index is 1050. The number of rotatable bonds is 6. The molecule has 1 aliphatic rings. The largest absolute Gasteiger partial charge is 0.466 e. The molecule has 0 N–H and O–H groups in total. The van der Waals surface area contributed by atoms with Crippen LogP contribution in [0.1, 0.15) is 25.5 Å². The molecule has 9 heteroatoms. The molecule has 0 bridgehead atoms. The Balaban J connectivity index is 1.64. The van der Waals surface area contributed by atoms with Crippen molar-refractivity contribution in [2.45, 2.75) is 33.2 Å². The summed E-state index contributed by atoms with van der Waals surface area (Å²) in [7, 11) is 1.52. The Morgan fingerprint density at radius 1 is 1.23 bits per heavy atom. The maximum Gasteiger partial charge on any atom is 0.310 e. The monoisotopic (exact) mass is 428 g/mol. The summed E-state index contributed by atoms with van der Waals surface area (Å²) in [5, 5.41) is 5.50. The van der Waals surface area contributed by atoms with Gasteiger partial charge in [-0.1, -0.05) is 18.2 Å². The summed E-state index contributed by atoms with van der Waals surface area (Å²) in [5.41, 5.74) is 0.308. The van der Waals surface area contributed by atoms with Crippen LogP contribution in [0.3, 0.4) is 0 Å². The van der Waals surface area contributed by atoms with Gasteiger partial charge in [-0.05, 0) is 32.8 Å². The number of nitrogens with zero attached hydrogens (tertiary/aromatic N) is 4. The van der Waals surface area contributed by atoms with Gasteiger partial charge in [0.1, 0.15) is 6.54 Å². The molecule has 2 amide bonds. The van der Waals surface area contributed by atoms with Crippen LogP contribution in [0.2, 0.25) is 0 Å². The van der Waals surface area contributed by atoms with Crippen LogP contribution in [-0.2, 0) is 25.7 Å². The van der Waals surface area contributed by atoms with Crippen LogP contribution in [0.15, 0.2) is 29.1 Å². The van der Waals surface area contributed by atoms with Gasteiger partial charge in [0, 0.05) is 25.5 Å². The topological polar surface area (TPSA) is 102 Å². The Kier molecular flexibility index (Phi) is 7.04. The number of carbonyl (C=O) groups is 3. The average Bonchev–Trinajstić information content (AvgIpc) is 2.77. The van der Waals surface area contributed by atoms with Gasteiger partial charge in [-0.15, -0.1) is 0 Å². The van der Waals surface area contributed by atoms with Gasteiger partial charge in [0.2, 0.25) is 11.8 Å². The predicted molar refractivity (Wildman–Crippen MR) is 114 cm³/mol. The number of hydrogen-bond acceptors (Lipinski definition) is 6. The number of esters is 1. The summed E-state index contributed by atoms with van der Waals surface area (Å²) in [6.07, 6.45) is 1.40. The lowest BCUT2D eigenvalue weighted by Gasteiger charge is -2.32. The maximum atomic E-state index is 12.7. The van der Waals surface area contributed by atoms with Crippen molar-refractivity contribution >= 4 is 28.6 Å². The van der Waals surface area contributed by atoms with Crippen LogP contribution in [0.5, 0.6) is 0 Å². The Morgan fingerprint density at radius 2 is 1.94 bits per heavy atom. The van der Waals surface area contributed by atoms with Gasteiger partial charge in [-0.25, -0.2) is 4.68 Å². The summed E-state index contributed by atoms with van der Waals surface area (Å²) >= 11 is 0. The lowest BCUT2D eigenvalue weighted by Crippen LogP contribution is -2.47. The molecule has 2 aromatic rings. The first kappa shape index (κ1) is 22.5. The molecule has 0 aliphatic carbocycles. The predicted octanol–water partition coefficient (Wildman–Crippen LogP) is 0.965. The van der Waals surface area contributed by atoms with E-state index in [0.29, 0.717) is 43.6 Å². The number of carbonyl (C=O) groups excluding carboxylic acids is 3. The highest BCUT2D eigenvalue weighted by Crippen LogP contribution is 2.18. The highest BCUT2D eigenvalue weighted by Gasteiger charge is 2.30. The van der Waals surface area contributed by atoms with Crippen molar-refractivity contribution in [2.75, 3.05) is 33.3 Å².